The Kier molecular flexibility index (Phi) is 14.3. The van der Waals surface area contributed by atoms with Crippen molar-refractivity contribution in [3.8, 4) is 5.75 Å². The van der Waals surface area contributed by atoms with Crippen LogP contribution in [0.2, 0.25) is 0 Å². The van der Waals surface area contributed by atoms with Gasteiger partial charge in [0.2, 0.25) is 0 Å². The fourth-order valence-electron chi connectivity index (χ4n) is 6.00. The van der Waals surface area contributed by atoms with E-state index in [1.165, 1.54) is 70.6 Å². The van der Waals surface area contributed by atoms with Crippen molar-refractivity contribution in [1.29, 1.82) is 0 Å². The van der Waals surface area contributed by atoms with E-state index in [-0.39, 0.29) is 18.4 Å². The van der Waals surface area contributed by atoms with Gasteiger partial charge in [0.1, 0.15) is 5.75 Å². The summed E-state index contributed by atoms with van der Waals surface area (Å²) in [6.45, 7) is 3.53. The van der Waals surface area contributed by atoms with Crippen molar-refractivity contribution in [3.63, 3.8) is 0 Å². The lowest BCUT2D eigenvalue weighted by molar-refractivity contribution is 0.0467. The van der Waals surface area contributed by atoms with Crippen molar-refractivity contribution in [2.75, 3.05) is 52.3 Å². The van der Waals surface area contributed by atoms with Crippen LogP contribution >= 0.6 is 0 Å². The number of hydrogen-bond donors (Lipinski definition) is 1. The van der Waals surface area contributed by atoms with Crippen molar-refractivity contribution in [1.82, 2.24) is 15.6 Å². The van der Waals surface area contributed by atoms with Crippen LogP contribution in [0.25, 0.3) is 10.8 Å². The number of hydrogen-bond acceptors (Lipinski definition) is 8. The fraction of sp³-hybridized carbons (Fsp3) is 0.697. The van der Waals surface area contributed by atoms with Gasteiger partial charge in [0.25, 0.3) is 10.1 Å². The minimum absolute atomic E-state index is 0.00325. The Morgan fingerprint density at radius 2 is 1.52 bits per heavy atom. The van der Waals surface area contributed by atoms with Gasteiger partial charge in [-0.3, -0.25) is 4.18 Å². The van der Waals surface area contributed by atoms with E-state index in [1.807, 2.05) is 43.4 Å². The standard InChI is InChI=1S/C33H53N3O5S/c1-35-32(28-39-27-29-15-9-7-5-3-2-4-6-8-10-16-29)26-36(34-35)21-13-24-42(37,38)41-23-14-22-40-33-20-19-30-17-11-12-18-31(30)25-33/h11-12,17-20,25,29,32,34H,2-10,13-16,21-24,26-28H2,1H3. The summed E-state index contributed by atoms with van der Waals surface area (Å²) in [5.41, 5.74) is 3.35. The maximum atomic E-state index is 12.4. The number of nitrogens with zero attached hydrogens (tertiary/aromatic N) is 2. The van der Waals surface area contributed by atoms with Crippen LogP contribution in [0.4, 0.5) is 0 Å². The highest BCUT2D eigenvalue weighted by Crippen LogP contribution is 2.22. The number of benzene rings is 2. The van der Waals surface area contributed by atoms with Crippen molar-refractivity contribution in [3.05, 3.63) is 42.5 Å². The van der Waals surface area contributed by atoms with Crippen LogP contribution in [-0.2, 0) is 19.0 Å². The molecule has 2 aliphatic rings. The molecule has 4 rings (SSSR count). The Labute approximate surface area is 254 Å². The molecular weight excluding hydrogens is 550 g/mol. The van der Waals surface area contributed by atoms with E-state index in [0.717, 1.165) is 29.7 Å². The molecule has 1 saturated heterocycles. The highest BCUT2D eigenvalue weighted by molar-refractivity contribution is 7.86. The lowest BCUT2D eigenvalue weighted by Crippen LogP contribution is -2.40. The Bertz CT molecular complexity index is 1140. The number of ether oxygens (including phenoxy) is 2. The van der Waals surface area contributed by atoms with Gasteiger partial charge in [-0.05, 0) is 48.1 Å². The van der Waals surface area contributed by atoms with Gasteiger partial charge < -0.3 is 9.47 Å². The Morgan fingerprint density at radius 1 is 0.833 bits per heavy atom. The molecule has 0 bridgehead atoms. The second-order valence-electron chi connectivity index (χ2n) is 12.1. The lowest BCUT2D eigenvalue weighted by Gasteiger charge is -2.21. The van der Waals surface area contributed by atoms with Crippen LogP contribution < -0.4 is 10.3 Å². The van der Waals surface area contributed by atoms with E-state index < -0.39 is 10.1 Å². The van der Waals surface area contributed by atoms with Gasteiger partial charge in [-0.25, -0.2) is 10.0 Å². The molecule has 42 heavy (non-hydrogen) atoms. The van der Waals surface area contributed by atoms with Crippen molar-refractivity contribution < 1.29 is 22.1 Å². The summed E-state index contributed by atoms with van der Waals surface area (Å²) in [4.78, 5) is 0. The minimum Gasteiger partial charge on any atom is -0.493 e. The van der Waals surface area contributed by atoms with Gasteiger partial charge in [0, 0.05) is 33.2 Å². The Morgan fingerprint density at radius 3 is 2.26 bits per heavy atom. The van der Waals surface area contributed by atoms with Gasteiger partial charge in [-0.2, -0.15) is 14.0 Å². The number of likely N-dealkylation sites (N-methyl/N-ethyl adjacent to an activating group) is 1. The molecule has 2 fully saturated rings. The molecule has 0 spiro atoms. The molecular formula is C33H53N3O5S. The van der Waals surface area contributed by atoms with Gasteiger partial charge >= 0.3 is 0 Å². The molecule has 0 radical (unpaired) electrons. The molecule has 8 nitrogen and oxygen atoms in total. The van der Waals surface area contributed by atoms with Crippen LogP contribution in [0.1, 0.15) is 83.5 Å². The number of hydrazine groups is 2. The van der Waals surface area contributed by atoms with Crippen LogP contribution in [-0.4, -0.2) is 76.8 Å². The third kappa shape index (κ3) is 12.1. The van der Waals surface area contributed by atoms with Gasteiger partial charge in [0.05, 0.1) is 31.6 Å². The van der Waals surface area contributed by atoms with Gasteiger partial charge in [-0.15, -0.1) is 0 Å². The second-order valence-corrected chi connectivity index (χ2v) is 13.9. The highest BCUT2D eigenvalue weighted by atomic mass is 32.2. The fourth-order valence-corrected chi connectivity index (χ4v) is 6.97. The first-order valence-electron chi connectivity index (χ1n) is 16.3. The number of fused-ring (bicyclic) bond motifs is 1. The lowest BCUT2D eigenvalue weighted by atomic mass is 9.93. The molecule has 1 aliphatic heterocycles. The average Bonchev–Trinajstić information content (AvgIpc) is 3.32. The number of rotatable bonds is 14. The van der Waals surface area contributed by atoms with Gasteiger partial charge in [-0.1, -0.05) is 88.1 Å². The number of nitrogens with one attached hydrogen (secondary N) is 1. The van der Waals surface area contributed by atoms with E-state index in [9.17, 15) is 8.42 Å². The smallest absolute Gasteiger partial charge is 0.267 e. The monoisotopic (exact) mass is 603 g/mol. The first kappa shape index (κ1) is 33.1. The van der Waals surface area contributed by atoms with Crippen LogP contribution in [0, 0.1) is 5.92 Å². The quantitative estimate of drug-likeness (QED) is 0.199. The largest absolute Gasteiger partial charge is 0.493 e. The van der Waals surface area contributed by atoms with Crippen LogP contribution in [0.15, 0.2) is 42.5 Å². The van der Waals surface area contributed by atoms with E-state index in [2.05, 4.69) is 21.6 Å². The van der Waals surface area contributed by atoms with E-state index in [0.29, 0.717) is 38.5 Å². The molecule has 1 unspecified atom stereocenters. The summed E-state index contributed by atoms with van der Waals surface area (Å²) in [5, 5.41) is 6.45. The predicted molar refractivity (Wildman–Crippen MR) is 170 cm³/mol. The zero-order valence-electron chi connectivity index (χ0n) is 25.7. The zero-order chi connectivity index (χ0) is 29.5. The molecule has 9 heteroatoms. The summed E-state index contributed by atoms with van der Waals surface area (Å²) in [5.74, 6) is 1.46. The normalized spacial score (nSPS) is 20.8. The van der Waals surface area contributed by atoms with E-state index >= 15 is 0 Å². The molecule has 1 atom stereocenters. The summed E-state index contributed by atoms with van der Waals surface area (Å²) >= 11 is 0. The van der Waals surface area contributed by atoms with Crippen LogP contribution in [0.5, 0.6) is 5.75 Å². The molecule has 236 valence electrons. The highest BCUT2D eigenvalue weighted by Gasteiger charge is 2.28. The Hall–Kier alpha value is -1.75. The molecule has 0 aromatic heterocycles. The van der Waals surface area contributed by atoms with Gasteiger partial charge in [0.15, 0.2) is 0 Å². The first-order chi connectivity index (χ1) is 20.5. The minimum atomic E-state index is -3.56. The second kappa shape index (κ2) is 18.1. The van der Waals surface area contributed by atoms with E-state index in [4.69, 9.17) is 13.7 Å². The molecule has 0 amide bonds. The molecule has 1 saturated carbocycles. The third-order valence-electron chi connectivity index (χ3n) is 8.53. The van der Waals surface area contributed by atoms with Crippen LogP contribution in [0.3, 0.4) is 0 Å². The van der Waals surface area contributed by atoms with Crippen molar-refractivity contribution in [2.45, 2.75) is 89.5 Å². The predicted octanol–water partition coefficient (Wildman–Crippen LogP) is 6.32. The summed E-state index contributed by atoms with van der Waals surface area (Å²) in [6.07, 6.45) is 16.0. The summed E-state index contributed by atoms with van der Waals surface area (Å²) in [6, 6.07) is 14.3. The molecule has 1 aliphatic carbocycles. The molecule has 1 N–H and O–H groups in total. The zero-order valence-corrected chi connectivity index (χ0v) is 26.5. The van der Waals surface area contributed by atoms with Crippen molar-refractivity contribution >= 4 is 20.9 Å². The van der Waals surface area contributed by atoms with Crippen molar-refractivity contribution in [2.24, 2.45) is 5.92 Å². The SMILES string of the molecule is CN1NN(CCCS(=O)(=O)OCCCOc2ccc3ccccc3c2)CC1COCC1CCCCCCCCCCC1. The summed E-state index contributed by atoms with van der Waals surface area (Å²) < 4.78 is 42.0. The molecule has 2 aromatic rings. The third-order valence-corrected chi connectivity index (χ3v) is 9.84. The molecule has 2 aromatic carbocycles. The average molecular weight is 604 g/mol. The maximum absolute atomic E-state index is 12.4. The first-order valence-corrected chi connectivity index (χ1v) is 17.9. The molecule has 1 heterocycles. The summed E-state index contributed by atoms with van der Waals surface area (Å²) in [7, 11) is -1.53. The Balaban J connectivity index is 1.06. The van der Waals surface area contributed by atoms with E-state index in [1.54, 1.807) is 0 Å². The maximum Gasteiger partial charge on any atom is 0.267 e. The topological polar surface area (TPSA) is 80.3 Å².